The van der Waals surface area contributed by atoms with E-state index in [1.54, 1.807) is 0 Å². The fourth-order valence-electron chi connectivity index (χ4n) is 2.45. The summed E-state index contributed by atoms with van der Waals surface area (Å²) < 4.78 is 12.0. The molecule has 0 aromatic heterocycles. The molecule has 1 heterocycles. The van der Waals surface area contributed by atoms with E-state index in [4.69, 9.17) is 42.7 Å². The lowest BCUT2D eigenvalue weighted by molar-refractivity contribution is -0.199. The van der Waals surface area contributed by atoms with Crippen LogP contribution in [0.25, 0.3) is 0 Å². The molecule has 0 spiro atoms. The Morgan fingerprint density at radius 1 is 1.27 bits per heavy atom. The second-order valence-electron chi connectivity index (χ2n) is 6.51. The summed E-state index contributed by atoms with van der Waals surface area (Å²) in [5.41, 5.74) is 2.24. The fourth-order valence-corrected chi connectivity index (χ4v) is 3.88. The largest absolute Gasteiger partial charge is 0.462 e. The monoisotopic (exact) mass is 380 g/mol. The lowest BCUT2D eigenvalue weighted by Crippen LogP contribution is -2.39. The molecule has 1 aromatic carbocycles. The third-order valence-corrected chi connectivity index (χ3v) is 6.37. The van der Waals surface area contributed by atoms with Crippen LogP contribution in [-0.4, -0.2) is 11.8 Å². The molecule has 1 aromatic rings. The molecule has 1 atom stereocenters. The van der Waals surface area contributed by atoms with Crippen molar-refractivity contribution >= 4 is 39.2 Å². The molecule has 22 heavy (non-hydrogen) atoms. The fraction of sp³-hybridized carbons (Fsp3) is 0.625. The molecule has 0 bridgehead atoms. The van der Waals surface area contributed by atoms with Gasteiger partial charge in [0.15, 0.2) is 0 Å². The minimum atomic E-state index is -2.57. The van der Waals surface area contributed by atoms with Crippen LogP contribution in [0.3, 0.4) is 0 Å². The van der Waals surface area contributed by atoms with E-state index < -0.39 is 11.8 Å². The summed E-state index contributed by atoms with van der Waals surface area (Å²) in [5, 5.41) is 0. The summed E-state index contributed by atoms with van der Waals surface area (Å²) in [6.07, 6.45) is 2.75. The molecule has 0 fully saturated rings. The van der Waals surface area contributed by atoms with Gasteiger partial charge in [0.1, 0.15) is 5.75 Å². The molecule has 0 radical (unpaired) electrons. The Bertz CT molecular complexity index is 517. The Morgan fingerprint density at radius 2 is 2.00 bits per heavy atom. The molecule has 124 valence electrons. The first kappa shape index (κ1) is 18.4. The number of aryl methyl sites for hydroxylation is 1. The molecular weight excluding hydrogens is 359 g/mol. The highest BCUT2D eigenvalue weighted by Crippen LogP contribution is 2.35. The predicted octanol–water partition coefficient (Wildman–Crippen LogP) is 5.95. The number of rotatable bonds is 6. The molecule has 0 aliphatic carbocycles. The van der Waals surface area contributed by atoms with E-state index in [0.717, 1.165) is 36.1 Å². The lowest BCUT2D eigenvalue weighted by Gasteiger charge is -2.36. The van der Waals surface area contributed by atoms with Gasteiger partial charge in [0.25, 0.3) is 0 Å². The molecule has 0 N–H and O–H groups in total. The first-order valence-corrected chi connectivity index (χ1v) is 12.9. The van der Waals surface area contributed by atoms with Gasteiger partial charge in [-0.1, -0.05) is 19.9 Å². The van der Waals surface area contributed by atoms with Crippen LogP contribution in [0.1, 0.15) is 44.7 Å². The maximum Gasteiger partial charge on any atom is 0.341 e. The van der Waals surface area contributed by atoms with Crippen molar-refractivity contribution in [1.82, 2.24) is 0 Å². The minimum Gasteiger partial charge on any atom is -0.462 e. The van der Waals surface area contributed by atoms with Gasteiger partial charge in [0.2, 0.25) is 5.79 Å². The quantitative estimate of drug-likeness (QED) is 0.448. The summed E-state index contributed by atoms with van der Waals surface area (Å²) in [5.74, 6) is 1.02. The smallest absolute Gasteiger partial charge is 0.341 e. The van der Waals surface area contributed by atoms with Crippen LogP contribution in [0.15, 0.2) is 18.2 Å². The zero-order valence-corrected chi connectivity index (χ0v) is 16.6. The van der Waals surface area contributed by atoms with Crippen molar-refractivity contribution in [1.29, 1.82) is 0 Å². The molecule has 1 aliphatic heterocycles. The van der Waals surface area contributed by atoms with Crippen molar-refractivity contribution in [3.63, 3.8) is 0 Å². The average Bonchev–Trinajstić information content (AvgIpc) is 2.42. The van der Waals surface area contributed by atoms with Crippen LogP contribution in [-0.2, 0) is 17.8 Å². The molecule has 1 aliphatic rings. The first-order valence-electron chi connectivity index (χ1n) is 7.68. The number of ether oxygens (including phenoxy) is 2. The van der Waals surface area contributed by atoms with Gasteiger partial charge in [-0.2, -0.15) is 0 Å². The van der Waals surface area contributed by atoms with E-state index in [1.165, 1.54) is 0 Å². The highest BCUT2D eigenvalue weighted by Gasteiger charge is 2.32. The van der Waals surface area contributed by atoms with Crippen molar-refractivity contribution in [2.45, 2.75) is 58.5 Å². The van der Waals surface area contributed by atoms with Crippen LogP contribution >= 0.6 is 33.2 Å². The summed E-state index contributed by atoms with van der Waals surface area (Å²) in [4.78, 5) is 0. The van der Waals surface area contributed by atoms with E-state index in [1.807, 2.05) is 13.0 Å². The van der Waals surface area contributed by atoms with Gasteiger partial charge in [0.05, 0.1) is 6.61 Å². The Morgan fingerprint density at radius 3 is 2.64 bits per heavy atom. The molecule has 0 amide bonds. The van der Waals surface area contributed by atoms with Gasteiger partial charge in [-0.3, -0.25) is 0 Å². The van der Waals surface area contributed by atoms with Crippen molar-refractivity contribution in [3.8, 4) is 5.75 Å². The zero-order chi connectivity index (χ0) is 16.4. The van der Waals surface area contributed by atoms with E-state index in [0.29, 0.717) is 18.6 Å². The van der Waals surface area contributed by atoms with Crippen molar-refractivity contribution < 1.29 is 9.47 Å². The van der Waals surface area contributed by atoms with Crippen LogP contribution in [0.4, 0.5) is 0 Å². The number of hydrogen-bond acceptors (Lipinski definition) is 2. The van der Waals surface area contributed by atoms with Gasteiger partial charge < -0.3 is 9.47 Å². The number of hydrogen-bond donors (Lipinski definition) is 0. The molecule has 2 rings (SSSR count). The molecular formula is C16H23Cl3O2Si. The van der Waals surface area contributed by atoms with E-state index in [-0.39, 0.29) is 0 Å². The highest BCUT2D eigenvalue weighted by atomic mass is 35.8. The molecule has 2 nitrogen and oxygen atoms in total. The second kappa shape index (κ2) is 7.31. The van der Waals surface area contributed by atoms with Crippen LogP contribution in [0, 0.1) is 5.92 Å². The Labute approximate surface area is 148 Å². The number of benzene rings is 1. The van der Waals surface area contributed by atoms with Crippen LogP contribution in [0.5, 0.6) is 5.75 Å². The van der Waals surface area contributed by atoms with E-state index in [9.17, 15) is 0 Å². The second-order valence-corrected chi connectivity index (χ2v) is 15.8. The molecule has 6 heteroatoms. The van der Waals surface area contributed by atoms with Gasteiger partial charge in [-0.25, -0.2) is 0 Å². The van der Waals surface area contributed by atoms with E-state index >= 15 is 0 Å². The number of halogens is 3. The summed E-state index contributed by atoms with van der Waals surface area (Å²) in [7, 11) is 0. The topological polar surface area (TPSA) is 18.5 Å². The predicted molar refractivity (Wildman–Crippen MR) is 96.2 cm³/mol. The molecule has 0 saturated heterocycles. The van der Waals surface area contributed by atoms with Gasteiger partial charge in [-0.05, 0) is 42.5 Å². The van der Waals surface area contributed by atoms with Gasteiger partial charge >= 0.3 is 6.00 Å². The maximum absolute atomic E-state index is 6.08. The Hall–Kier alpha value is 0.0669. The first-order chi connectivity index (χ1) is 10.2. The number of fused-ring (bicyclic) bond motifs is 1. The third kappa shape index (κ3) is 5.61. The Balaban J connectivity index is 2.02. The van der Waals surface area contributed by atoms with Crippen molar-refractivity contribution in [3.05, 3.63) is 29.3 Å². The minimum absolute atomic E-state index is 0.525. The van der Waals surface area contributed by atoms with Crippen LogP contribution < -0.4 is 4.74 Å². The van der Waals surface area contributed by atoms with Crippen molar-refractivity contribution in [2.75, 3.05) is 0 Å². The van der Waals surface area contributed by atoms with Crippen LogP contribution in [0.2, 0.25) is 6.04 Å². The normalized spacial score (nSPS) is 21.6. The Kier molecular flexibility index (Phi) is 6.12. The SMILES string of the molecule is CC(C)CCC1(C)OCc2cc(CC[Si](Cl)(Cl)Cl)ccc2O1. The van der Waals surface area contributed by atoms with Crippen molar-refractivity contribution in [2.24, 2.45) is 5.92 Å². The lowest BCUT2D eigenvalue weighted by atomic mass is 10.0. The molecule has 0 saturated carbocycles. The summed E-state index contributed by atoms with van der Waals surface area (Å²) in [6.45, 7) is 7.00. The average molecular weight is 382 g/mol. The highest BCUT2D eigenvalue weighted by molar-refractivity contribution is 7.64. The summed E-state index contributed by atoms with van der Waals surface area (Å²) in [6, 6.07) is 4.23. The third-order valence-electron chi connectivity index (χ3n) is 3.86. The zero-order valence-electron chi connectivity index (χ0n) is 13.3. The van der Waals surface area contributed by atoms with E-state index in [2.05, 4.69) is 26.0 Å². The maximum atomic E-state index is 6.08. The summed E-state index contributed by atoms with van der Waals surface area (Å²) >= 11 is 17.8. The molecule has 1 unspecified atom stereocenters. The van der Waals surface area contributed by atoms with Gasteiger partial charge in [0, 0.05) is 18.9 Å². The standard InChI is InChI=1S/C16H23Cl3O2Si/c1-12(2)6-8-16(3)20-11-14-10-13(4-5-15(14)21-16)7-9-22(17,18)19/h4-5,10,12H,6-9,11H2,1-3H3. The van der Waals surface area contributed by atoms with Gasteiger partial charge in [-0.15, -0.1) is 33.2 Å².